The highest BCUT2D eigenvalue weighted by molar-refractivity contribution is 5.60. The molecule has 0 saturated carbocycles. The summed E-state index contributed by atoms with van der Waals surface area (Å²) in [6, 6.07) is 0. The topological polar surface area (TPSA) is 35.5 Å². The number of hydrogen-bond acceptors (Lipinski definition) is 3. The molecule has 0 fully saturated rings. The van der Waals surface area contributed by atoms with Crippen molar-refractivity contribution in [3.8, 4) is 0 Å². The van der Waals surface area contributed by atoms with Gasteiger partial charge in [-0.25, -0.2) is 4.79 Å². The zero-order chi connectivity index (χ0) is 6.41. The van der Waals surface area contributed by atoms with Gasteiger partial charge in [0.05, 0.1) is 6.61 Å². The van der Waals surface area contributed by atoms with E-state index in [-0.39, 0.29) is 0 Å². The molecule has 3 nitrogen and oxygen atoms in total. The molecule has 8 heavy (non-hydrogen) atoms. The second-order valence-corrected chi connectivity index (χ2v) is 1.04. The van der Waals surface area contributed by atoms with Crippen molar-refractivity contribution in [2.45, 2.75) is 13.8 Å². The van der Waals surface area contributed by atoms with E-state index in [4.69, 9.17) is 0 Å². The summed E-state index contributed by atoms with van der Waals surface area (Å²) in [6.45, 7) is 4.96. The molecule has 0 bridgehead atoms. The summed E-state index contributed by atoms with van der Waals surface area (Å²) in [7, 11) is 0. The number of rotatable bonds is 2. The second kappa shape index (κ2) is 4.43. The van der Waals surface area contributed by atoms with Gasteiger partial charge in [-0.2, -0.15) is 0 Å². The van der Waals surface area contributed by atoms with Gasteiger partial charge in [-0.05, 0) is 13.8 Å². The normalized spacial score (nSPS) is 8.25. The lowest BCUT2D eigenvalue weighted by molar-refractivity contribution is 0.0793. The number of carbonyl (C=O) groups is 1. The van der Waals surface area contributed by atoms with Crippen molar-refractivity contribution in [2.75, 3.05) is 6.61 Å². The molecule has 47 valence electrons. The van der Waals surface area contributed by atoms with Crippen LogP contribution in [0.15, 0.2) is 0 Å². The Morgan fingerprint density at radius 3 is 2.75 bits per heavy atom. The van der Waals surface area contributed by atoms with E-state index in [2.05, 4.69) is 9.47 Å². The van der Waals surface area contributed by atoms with Gasteiger partial charge in [0.2, 0.25) is 0 Å². The zero-order valence-electron chi connectivity index (χ0n) is 5.01. The van der Waals surface area contributed by atoms with Gasteiger partial charge < -0.3 is 9.47 Å². The van der Waals surface area contributed by atoms with Crippen molar-refractivity contribution < 1.29 is 14.3 Å². The van der Waals surface area contributed by atoms with Crippen molar-refractivity contribution in [2.24, 2.45) is 0 Å². The van der Waals surface area contributed by atoms with Crippen LogP contribution in [0.4, 0.5) is 4.79 Å². The Labute approximate surface area is 48.6 Å². The predicted molar refractivity (Wildman–Crippen MR) is 28.1 cm³/mol. The fourth-order valence-corrected chi connectivity index (χ4v) is 0.248. The molecule has 0 N–H and O–H groups in total. The van der Waals surface area contributed by atoms with Gasteiger partial charge in [0.15, 0.2) is 0 Å². The van der Waals surface area contributed by atoms with Crippen LogP contribution in [0, 0.1) is 6.61 Å². The molecule has 0 aromatic carbocycles. The Balaban J connectivity index is 3.06. The maximum absolute atomic E-state index is 10.2. The minimum Gasteiger partial charge on any atom is -0.435 e. The SMILES string of the molecule is C[CH]OC(=O)OCC. The summed E-state index contributed by atoms with van der Waals surface area (Å²) in [6.07, 6.45) is -0.644. The van der Waals surface area contributed by atoms with Gasteiger partial charge in [0, 0.05) is 0 Å². The van der Waals surface area contributed by atoms with Crippen LogP contribution in [0.3, 0.4) is 0 Å². The summed E-state index contributed by atoms with van der Waals surface area (Å²) in [5, 5.41) is 0. The number of hydrogen-bond donors (Lipinski definition) is 0. The average Bonchev–Trinajstić information content (AvgIpc) is 1.68. The summed E-state index contributed by atoms with van der Waals surface area (Å²) in [5.74, 6) is 0. The zero-order valence-corrected chi connectivity index (χ0v) is 5.01. The van der Waals surface area contributed by atoms with Crippen molar-refractivity contribution in [1.29, 1.82) is 0 Å². The van der Waals surface area contributed by atoms with Gasteiger partial charge in [-0.1, -0.05) is 0 Å². The largest absolute Gasteiger partial charge is 0.508 e. The standard InChI is InChI=1S/C5H9O3/c1-3-7-5(6)8-4-2/h3H,4H2,1-2H3. The highest BCUT2D eigenvalue weighted by atomic mass is 16.7. The molecule has 0 aliphatic rings. The van der Waals surface area contributed by atoms with Crippen LogP contribution in [-0.2, 0) is 9.47 Å². The lowest BCUT2D eigenvalue weighted by Gasteiger charge is -1.97. The monoisotopic (exact) mass is 117 g/mol. The quantitative estimate of drug-likeness (QED) is 0.512. The molecule has 0 amide bonds. The molecular weight excluding hydrogens is 108 g/mol. The van der Waals surface area contributed by atoms with Crippen LogP contribution >= 0.6 is 0 Å². The van der Waals surface area contributed by atoms with Gasteiger partial charge in [-0.3, -0.25) is 0 Å². The molecule has 0 aromatic heterocycles. The lowest BCUT2D eigenvalue weighted by atomic mass is 10.8. The van der Waals surface area contributed by atoms with E-state index in [9.17, 15) is 4.79 Å². The second-order valence-electron chi connectivity index (χ2n) is 1.04. The van der Waals surface area contributed by atoms with E-state index >= 15 is 0 Å². The van der Waals surface area contributed by atoms with Crippen LogP contribution < -0.4 is 0 Å². The molecule has 0 saturated heterocycles. The minimum absolute atomic E-state index is 0.354. The third-order valence-corrected chi connectivity index (χ3v) is 0.476. The molecule has 0 atom stereocenters. The van der Waals surface area contributed by atoms with Crippen LogP contribution in [-0.4, -0.2) is 12.8 Å². The average molecular weight is 117 g/mol. The first-order valence-corrected chi connectivity index (χ1v) is 2.42. The summed E-state index contributed by atoms with van der Waals surface area (Å²) in [5.41, 5.74) is 0. The Bertz CT molecular complexity index is 62.1. The van der Waals surface area contributed by atoms with E-state index in [0.29, 0.717) is 6.61 Å². The fraction of sp³-hybridized carbons (Fsp3) is 0.600. The van der Waals surface area contributed by atoms with Gasteiger partial charge in [0.25, 0.3) is 0 Å². The Morgan fingerprint density at radius 2 is 2.38 bits per heavy atom. The molecule has 0 heterocycles. The van der Waals surface area contributed by atoms with Crippen LogP contribution in [0.25, 0.3) is 0 Å². The van der Waals surface area contributed by atoms with E-state index in [1.54, 1.807) is 13.8 Å². The molecule has 0 aliphatic carbocycles. The molecule has 3 heteroatoms. The molecular formula is C5H9O3. The fourth-order valence-electron chi connectivity index (χ4n) is 0.248. The summed E-state index contributed by atoms with van der Waals surface area (Å²) >= 11 is 0. The smallest absolute Gasteiger partial charge is 0.435 e. The third-order valence-electron chi connectivity index (χ3n) is 0.476. The molecule has 0 aromatic rings. The van der Waals surface area contributed by atoms with Gasteiger partial charge in [-0.15, -0.1) is 0 Å². The summed E-state index contributed by atoms with van der Waals surface area (Å²) in [4.78, 5) is 10.2. The summed E-state index contributed by atoms with van der Waals surface area (Å²) < 4.78 is 8.69. The van der Waals surface area contributed by atoms with Crippen molar-refractivity contribution >= 4 is 6.16 Å². The lowest BCUT2D eigenvalue weighted by Crippen LogP contribution is -2.03. The minimum atomic E-state index is -0.644. The molecule has 0 rings (SSSR count). The van der Waals surface area contributed by atoms with Crippen molar-refractivity contribution in [1.82, 2.24) is 0 Å². The van der Waals surface area contributed by atoms with Crippen LogP contribution in [0.1, 0.15) is 13.8 Å². The Morgan fingerprint density at radius 1 is 1.75 bits per heavy atom. The van der Waals surface area contributed by atoms with Crippen LogP contribution in [0.5, 0.6) is 0 Å². The predicted octanol–water partition coefficient (Wildman–Crippen LogP) is 1.34. The van der Waals surface area contributed by atoms with Crippen molar-refractivity contribution in [3.05, 3.63) is 6.61 Å². The number of ether oxygens (including phenoxy) is 2. The van der Waals surface area contributed by atoms with E-state index < -0.39 is 6.16 Å². The van der Waals surface area contributed by atoms with Gasteiger partial charge >= 0.3 is 6.16 Å². The van der Waals surface area contributed by atoms with E-state index in [1.165, 1.54) is 6.61 Å². The number of carbonyl (C=O) groups excluding carboxylic acids is 1. The first-order valence-electron chi connectivity index (χ1n) is 2.42. The maximum atomic E-state index is 10.2. The molecule has 0 unspecified atom stereocenters. The highest BCUT2D eigenvalue weighted by Gasteiger charge is 1.96. The molecule has 1 radical (unpaired) electrons. The molecule has 0 aliphatic heterocycles. The van der Waals surface area contributed by atoms with Gasteiger partial charge in [0.1, 0.15) is 6.61 Å². The molecule has 0 spiro atoms. The third kappa shape index (κ3) is 3.46. The Kier molecular flexibility index (Phi) is 4.03. The van der Waals surface area contributed by atoms with E-state index in [1.807, 2.05) is 0 Å². The Hall–Kier alpha value is -0.730. The first kappa shape index (κ1) is 7.27. The highest BCUT2D eigenvalue weighted by Crippen LogP contribution is 1.85. The first-order chi connectivity index (χ1) is 3.81. The van der Waals surface area contributed by atoms with E-state index in [0.717, 1.165) is 0 Å². The van der Waals surface area contributed by atoms with Crippen LogP contribution in [0.2, 0.25) is 0 Å². The maximum Gasteiger partial charge on any atom is 0.508 e. The van der Waals surface area contributed by atoms with Crippen molar-refractivity contribution in [3.63, 3.8) is 0 Å².